The quantitative estimate of drug-likeness (QED) is 0.531. The van der Waals surface area contributed by atoms with E-state index in [-0.39, 0.29) is 11.5 Å². The number of hydrogen-bond acceptors (Lipinski definition) is 4. The van der Waals surface area contributed by atoms with Crippen LogP contribution in [-0.4, -0.2) is 36.4 Å². The number of carbonyl (C=O) groups is 1. The minimum Gasteiger partial charge on any atom is -0.466 e. The van der Waals surface area contributed by atoms with E-state index >= 15 is 0 Å². The molecular formula is C12H23NO3. The summed E-state index contributed by atoms with van der Waals surface area (Å²) in [7, 11) is 1.37. The molecule has 0 aliphatic heterocycles. The summed E-state index contributed by atoms with van der Waals surface area (Å²) in [6.07, 6.45) is 1.99. The van der Waals surface area contributed by atoms with Gasteiger partial charge in [0, 0.05) is 17.7 Å². The molecule has 0 fully saturated rings. The summed E-state index contributed by atoms with van der Waals surface area (Å²) in [5.74, 6) is -0.292. The summed E-state index contributed by atoms with van der Waals surface area (Å²) in [4.78, 5) is 11.3. The Balaban J connectivity index is 4.31. The van der Waals surface area contributed by atoms with E-state index in [1.165, 1.54) is 7.11 Å². The molecule has 0 aromatic carbocycles. The summed E-state index contributed by atoms with van der Waals surface area (Å²) in [5, 5.41) is 12.7. The van der Waals surface area contributed by atoms with Gasteiger partial charge >= 0.3 is 5.97 Å². The van der Waals surface area contributed by atoms with Crippen molar-refractivity contribution in [3.63, 3.8) is 0 Å². The maximum Gasteiger partial charge on any atom is 0.333 e. The lowest BCUT2D eigenvalue weighted by atomic mass is 9.99. The van der Waals surface area contributed by atoms with Gasteiger partial charge in [-0.15, -0.1) is 0 Å². The molecule has 0 bridgehead atoms. The molecule has 0 rings (SSSR count). The molecule has 0 saturated heterocycles. The molecular weight excluding hydrogens is 206 g/mol. The Morgan fingerprint density at radius 2 is 2.12 bits per heavy atom. The van der Waals surface area contributed by atoms with Gasteiger partial charge in [-0.25, -0.2) is 4.79 Å². The largest absolute Gasteiger partial charge is 0.466 e. The van der Waals surface area contributed by atoms with Crippen molar-refractivity contribution >= 4 is 5.97 Å². The van der Waals surface area contributed by atoms with Crippen LogP contribution >= 0.6 is 0 Å². The van der Waals surface area contributed by atoms with Crippen LogP contribution in [0.2, 0.25) is 0 Å². The molecule has 0 aliphatic carbocycles. The molecule has 0 spiro atoms. The van der Waals surface area contributed by atoms with Gasteiger partial charge in [-0.3, -0.25) is 0 Å². The van der Waals surface area contributed by atoms with Crippen LogP contribution in [0, 0.1) is 0 Å². The fraction of sp³-hybridized carbons (Fsp3) is 0.750. The summed E-state index contributed by atoms with van der Waals surface area (Å²) in [6, 6.07) is 0. The van der Waals surface area contributed by atoms with Crippen molar-refractivity contribution in [2.24, 2.45) is 0 Å². The van der Waals surface area contributed by atoms with Gasteiger partial charge in [0.05, 0.1) is 13.2 Å². The molecule has 0 aromatic rings. The molecule has 0 aromatic heterocycles. The van der Waals surface area contributed by atoms with Crippen LogP contribution in [0.4, 0.5) is 0 Å². The number of hydrogen-bond donors (Lipinski definition) is 2. The fourth-order valence-corrected chi connectivity index (χ4v) is 1.09. The molecule has 16 heavy (non-hydrogen) atoms. The minimum absolute atomic E-state index is 0.292. The van der Waals surface area contributed by atoms with E-state index in [1.807, 2.05) is 20.8 Å². The van der Waals surface area contributed by atoms with Crippen molar-refractivity contribution in [3.05, 3.63) is 11.6 Å². The van der Waals surface area contributed by atoms with Gasteiger partial charge in [-0.1, -0.05) is 13.0 Å². The van der Waals surface area contributed by atoms with Crippen LogP contribution in [-0.2, 0) is 9.53 Å². The first-order chi connectivity index (χ1) is 7.35. The predicted molar refractivity (Wildman–Crippen MR) is 64.2 cm³/mol. The van der Waals surface area contributed by atoms with E-state index in [4.69, 9.17) is 0 Å². The second-order valence-corrected chi connectivity index (χ2v) is 4.35. The molecule has 4 heteroatoms. The van der Waals surface area contributed by atoms with Crippen LogP contribution in [0.15, 0.2) is 11.6 Å². The summed E-state index contributed by atoms with van der Waals surface area (Å²) in [6.45, 7) is 8.00. The first kappa shape index (κ1) is 15.1. The Hall–Kier alpha value is -0.870. The molecule has 0 amide bonds. The number of aliphatic hydroxyl groups excluding tert-OH is 1. The molecule has 0 aliphatic rings. The lowest BCUT2D eigenvalue weighted by molar-refractivity contribution is -0.136. The highest BCUT2D eigenvalue weighted by Gasteiger charge is 2.22. The Kier molecular flexibility index (Phi) is 6.29. The predicted octanol–water partition coefficient (Wildman–Crippen LogP) is 1.24. The van der Waals surface area contributed by atoms with Gasteiger partial charge in [0.2, 0.25) is 0 Å². The maximum atomic E-state index is 11.3. The van der Waals surface area contributed by atoms with Crippen LogP contribution in [0.25, 0.3) is 0 Å². The van der Waals surface area contributed by atoms with Crippen LogP contribution in [0.3, 0.4) is 0 Å². The van der Waals surface area contributed by atoms with E-state index in [1.54, 1.807) is 13.0 Å². The third-order valence-electron chi connectivity index (χ3n) is 2.78. The van der Waals surface area contributed by atoms with E-state index in [9.17, 15) is 9.90 Å². The van der Waals surface area contributed by atoms with Crippen molar-refractivity contribution in [2.75, 3.05) is 13.7 Å². The number of esters is 1. The van der Waals surface area contributed by atoms with Gasteiger partial charge in [-0.2, -0.15) is 0 Å². The highest BCUT2D eigenvalue weighted by atomic mass is 16.5. The topological polar surface area (TPSA) is 58.6 Å². The van der Waals surface area contributed by atoms with Crippen molar-refractivity contribution in [1.82, 2.24) is 5.32 Å². The Labute approximate surface area is 97.7 Å². The van der Waals surface area contributed by atoms with Crippen LogP contribution in [0.1, 0.15) is 34.1 Å². The third kappa shape index (κ3) is 4.77. The molecule has 1 atom stereocenters. The smallest absolute Gasteiger partial charge is 0.333 e. The number of aliphatic hydroxyl groups is 1. The van der Waals surface area contributed by atoms with E-state index in [0.717, 1.165) is 0 Å². The summed E-state index contributed by atoms with van der Waals surface area (Å²) >= 11 is 0. The molecule has 4 nitrogen and oxygen atoms in total. The van der Waals surface area contributed by atoms with Gasteiger partial charge in [0.15, 0.2) is 0 Å². The maximum absolute atomic E-state index is 11.3. The molecule has 0 heterocycles. The second-order valence-electron chi connectivity index (χ2n) is 4.35. The van der Waals surface area contributed by atoms with Gasteiger partial charge in [-0.05, 0) is 27.2 Å². The first-order valence-corrected chi connectivity index (χ1v) is 5.55. The average molecular weight is 229 g/mol. The Morgan fingerprint density at radius 1 is 1.56 bits per heavy atom. The van der Waals surface area contributed by atoms with Crippen LogP contribution in [0.5, 0.6) is 0 Å². The van der Waals surface area contributed by atoms with Crippen molar-refractivity contribution < 1.29 is 14.6 Å². The van der Waals surface area contributed by atoms with Gasteiger partial charge in [0.25, 0.3) is 0 Å². The highest BCUT2D eigenvalue weighted by molar-refractivity contribution is 5.88. The first-order valence-electron chi connectivity index (χ1n) is 5.55. The highest BCUT2D eigenvalue weighted by Crippen LogP contribution is 2.08. The zero-order valence-corrected chi connectivity index (χ0v) is 10.8. The SMILES string of the molecule is CCC(=CCNC(C)(C)C(C)O)C(=O)OC. The second kappa shape index (κ2) is 6.66. The lowest BCUT2D eigenvalue weighted by Gasteiger charge is -2.29. The van der Waals surface area contributed by atoms with E-state index in [0.29, 0.717) is 18.5 Å². The van der Waals surface area contributed by atoms with E-state index in [2.05, 4.69) is 10.1 Å². The normalized spacial score (nSPS) is 14.8. The zero-order valence-electron chi connectivity index (χ0n) is 10.8. The van der Waals surface area contributed by atoms with Crippen LogP contribution < -0.4 is 5.32 Å². The fourth-order valence-electron chi connectivity index (χ4n) is 1.09. The summed E-state index contributed by atoms with van der Waals surface area (Å²) in [5.41, 5.74) is 0.280. The standard InChI is InChI=1S/C12H23NO3/c1-6-10(11(15)16-5)7-8-13-12(3,4)9(2)14/h7,9,13-14H,6,8H2,1-5H3. The van der Waals surface area contributed by atoms with Crippen molar-refractivity contribution in [3.8, 4) is 0 Å². The molecule has 1 unspecified atom stereocenters. The molecule has 94 valence electrons. The monoisotopic (exact) mass is 229 g/mol. The molecule has 2 N–H and O–H groups in total. The van der Waals surface area contributed by atoms with Crippen molar-refractivity contribution in [1.29, 1.82) is 0 Å². The Morgan fingerprint density at radius 3 is 2.50 bits per heavy atom. The number of rotatable bonds is 6. The molecule has 0 saturated carbocycles. The average Bonchev–Trinajstić information content (AvgIpc) is 2.23. The van der Waals surface area contributed by atoms with E-state index < -0.39 is 6.10 Å². The number of carbonyl (C=O) groups excluding carboxylic acids is 1. The number of nitrogens with one attached hydrogen (secondary N) is 1. The lowest BCUT2D eigenvalue weighted by Crippen LogP contribution is -2.48. The number of ether oxygens (including phenoxy) is 1. The third-order valence-corrected chi connectivity index (χ3v) is 2.78. The minimum atomic E-state index is -0.455. The molecule has 0 radical (unpaired) electrons. The van der Waals surface area contributed by atoms with Crippen molar-refractivity contribution in [2.45, 2.75) is 45.8 Å². The number of methoxy groups -OCH3 is 1. The van der Waals surface area contributed by atoms with Gasteiger partial charge in [0.1, 0.15) is 0 Å². The zero-order chi connectivity index (χ0) is 12.8. The van der Waals surface area contributed by atoms with Gasteiger partial charge < -0.3 is 15.2 Å². The Bertz CT molecular complexity index is 257. The summed E-state index contributed by atoms with van der Waals surface area (Å²) < 4.78 is 4.65.